The lowest BCUT2D eigenvalue weighted by atomic mass is 9.93. The molecule has 1 rings (SSSR count). The number of nitrogens with zero attached hydrogens (tertiary/aromatic N) is 1. The molecule has 1 fully saturated rings. The molecule has 1 aliphatic heterocycles. The standard InChI is InChI=1S/C11H24N2S/c1-9-5-13(6-10(2)14-9)8-11(3,4)7-12/h9-10H,5-8,12H2,1-4H3. The molecule has 1 aliphatic rings. The van der Waals surface area contributed by atoms with E-state index in [9.17, 15) is 0 Å². The summed E-state index contributed by atoms with van der Waals surface area (Å²) in [5, 5.41) is 1.54. The molecule has 0 radical (unpaired) electrons. The summed E-state index contributed by atoms with van der Waals surface area (Å²) < 4.78 is 0. The molecule has 0 bridgehead atoms. The van der Waals surface area contributed by atoms with Gasteiger partial charge in [-0.3, -0.25) is 0 Å². The van der Waals surface area contributed by atoms with E-state index in [1.165, 1.54) is 13.1 Å². The lowest BCUT2D eigenvalue weighted by Gasteiger charge is -2.38. The van der Waals surface area contributed by atoms with Crippen molar-refractivity contribution in [2.45, 2.75) is 38.2 Å². The van der Waals surface area contributed by atoms with Gasteiger partial charge in [0.1, 0.15) is 0 Å². The topological polar surface area (TPSA) is 29.3 Å². The molecule has 2 nitrogen and oxygen atoms in total. The van der Waals surface area contributed by atoms with Crippen LogP contribution in [-0.4, -0.2) is 41.6 Å². The minimum Gasteiger partial charge on any atom is -0.330 e. The Morgan fingerprint density at radius 3 is 2.21 bits per heavy atom. The zero-order valence-electron chi connectivity index (χ0n) is 9.92. The molecule has 0 aromatic heterocycles. The van der Waals surface area contributed by atoms with Crippen molar-refractivity contribution in [3.05, 3.63) is 0 Å². The van der Waals surface area contributed by atoms with E-state index in [1.54, 1.807) is 0 Å². The number of thioether (sulfide) groups is 1. The number of hydrogen-bond acceptors (Lipinski definition) is 3. The largest absolute Gasteiger partial charge is 0.330 e. The van der Waals surface area contributed by atoms with Gasteiger partial charge in [0.2, 0.25) is 0 Å². The second-order valence-electron chi connectivity index (χ2n) is 5.32. The third kappa shape index (κ3) is 3.79. The third-order valence-corrected chi connectivity index (χ3v) is 3.93. The van der Waals surface area contributed by atoms with Gasteiger partial charge in [-0.1, -0.05) is 27.7 Å². The van der Waals surface area contributed by atoms with Gasteiger partial charge in [0.05, 0.1) is 0 Å². The van der Waals surface area contributed by atoms with Crippen LogP contribution in [0, 0.1) is 5.41 Å². The molecule has 0 amide bonds. The van der Waals surface area contributed by atoms with E-state index in [4.69, 9.17) is 5.73 Å². The highest BCUT2D eigenvalue weighted by molar-refractivity contribution is 8.00. The third-order valence-electron chi connectivity index (χ3n) is 2.70. The molecule has 0 spiro atoms. The number of hydrogen-bond donors (Lipinski definition) is 1. The Hall–Kier alpha value is 0.270. The monoisotopic (exact) mass is 216 g/mol. The zero-order chi connectivity index (χ0) is 10.8. The van der Waals surface area contributed by atoms with Crippen LogP contribution >= 0.6 is 11.8 Å². The zero-order valence-corrected chi connectivity index (χ0v) is 10.7. The average molecular weight is 216 g/mol. The fourth-order valence-electron chi connectivity index (χ4n) is 2.08. The highest BCUT2D eigenvalue weighted by atomic mass is 32.2. The summed E-state index contributed by atoms with van der Waals surface area (Å²) in [6, 6.07) is 0. The summed E-state index contributed by atoms with van der Waals surface area (Å²) in [4.78, 5) is 2.57. The lowest BCUT2D eigenvalue weighted by molar-refractivity contribution is 0.181. The highest BCUT2D eigenvalue weighted by Crippen LogP contribution is 2.26. The van der Waals surface area contributed by atoms with Gasteiger partial charge in [-0.25, -0.2) is 0 Å². The maximum Gasteiger partial charge on any atom is 0.0149 e. The van der Waals surface area contributed by atoms with E-state index in [0.29, 0.717) is 0 Å². The predicted octanol–water partition coefficient (Wildman–Crippen LogP) is 1.80. The van der Waals surface area contributed by atoms with E-state index in [1.807, 2.05) is 0 Å². The van der Waals surface area contributed by atoms with Gasteiger partial charge in [0, 0.05) is 30.1 Å². The molecule has 2 N–H and O–H groups in total. The minimum atomic E-state index is 0.265. The fourth-order valence-corrected chi connectivity index (χ4v) is 3.47. The summed E-state index contributed by atoms with van der Waals surface area (Å²) in [5.41, 5.74) is 6.03. The predicted molar refractivity (Wildman–Crippen MR) is 65.8 cm³/mol. The van der Waals surface area contributed by atoms with E-state index < -0.39 is 0 Å². The average Bonchev–Trinajstić information content (AvgIpc) is 2.01. The molecular weight excluding hydrogens is 192 g/mol. The van der Waals surface area contributed by atoms with Crippen LogP contribution in [0.5, 0.6) is 0 Å². The van der Waals surface area contributed by atoms with Gasteiger partial charge >= 0.3 is 0 Å². The van der Waals surface area contributed by atoms with E-state index >= 15 is 0 Å². The molecule has 84 valence electrons. The fraction of sp³-hybridized carbons (Fsp3) is 1.00. The number of rotatable bonds is 3. The first-order valence-corrected chi connectivity index (χ1v) is 6.45. The van der Waals surface area contributed by atoms with Crippen LogP contribution in [-0.2, 0) is 0 Å². The molecule has 2 unspecified atom stereocenters. The van der Waals surface area contributed by atoms with Crippen molar-refractivity contribution < 1.29 is 0 Å². The Kier molecular flexibility index (Phi) is 4.29. The molecule has 3 heteroatoms. The van der Waals surface area contributed by atoms with Gasteiger partial charge in [-0.15, -0.1) is 0 Å². The first-order valence-electron chi connectivity index (χ1n) is 5.51. The summed E-state index contributed by atoms with van der Waals surface area (Å²) in [6.45, 7) is 13.5. The van der Waals surface area contributed by atoms with Crippen molar-refractivity contribution in [1.29, 1.82) is 0 Å². The van der Waals surface area contributed by atoms with Crippen LogP contribution in [0.2, 0.25) is 0 Å². The van der Waals surface area contributed by atoms with Gasteiger partial charge in [-0.05, 0) is 12.0 Å². The van der Waals surface area contributed by atoms with Crippen LogP contribution in [0.4, 0.5) is 0 Å². The summed E-state index contributed by atoms with van der Waals surface area (Å²) in [7, 11) is 0. The van der Waals surface area contributed by atoms with Crippen molar-refractivity contribution in [3.8, 4) is 0 Å². The second-order valence-corrected chi connectivity index (χ2v) is 7.20. The van der Waals surface area contributed by atoms with Gasteiger partial charge < -0.3 is 10.6 Å². The second kappa shape index (κ2) is 4.86. The van der Waals surface area contributed by atoms with Crippen LogP contribution in [0.15, 0.2) is 0 Å². The van der Waals surface area contributed by atoms with Gasteiger partial charge in [-0.2, -0.15) is 11.8 Å². The normalized spacial score (nSPS) is 30.6. The quantitative estimate of drug-likeness (QED) is 0.780. The van der Waals surface area contributed by atoms with E-state index in [2.05, 4.69) is 44.4 Å². The van der Waals surface area contributed by atoms with Crippen molar-refractivity contribution in [2.24, 2.45) is 11.1 Å². The SMILES string of the molecule is CC1CN(CC(C)(C)CN)CC(C)S1. The van der Waals surface area contributed by atoms with Crippen LogP contribution in [0.1, 0.15) is 27.7 Å². The Morgan fingerprint density at radius 2 is 1.79 bits per heavy atom. The summed E-state index contributed by atoms with van der Waals surface area (Å²) in [5.74, 6) is 0. The van der Waals surface area contributed by atoms with Crippen molar-refractivity contribution in [3.63, 3.8) is 0 Å². The Morgan fingerprint density at radius 1 is 1.29 bits per heavy atom. The lowest BCUT2D eigenvalue weighted by Crippen LogP contribution is -2.46. The molecule has 0 aliphatic carbocycles. The molecule has 0 saturated carbocycles. The number of nitrogens with two attached hydrogens (primary N) is 1. The van der Waals surface area contributed by atoms with Crippen LogP contribution in [0.25, 0.3) is 0 Å². The van der Waals surface area contributed by atoms with Crippen molar-refractivity contribution in [2.75, 3.05) is 26.2 Å². The van der Waals surface area contributed by atoms with Gasteiger partial charge in [0.25, 0.3) is 0 Å². The van der Waals surface area contributed by atoms with E-state index in [0.717, 1.165) is 23.6 Å². The van der Waals surface area contributed by atoms with Crippen LogP contribution in [0.3, 0.4) is 0 Å². The first-order chi connectivity index (χ1) is 6.43. The molecule has 0 aromatic rings. The van der Waals surface area contributed by atoms with E-state index in [-0.39, 0.29) is 5.41 Å². The molecule has 14 heavy (non-hydrogen) atoms. The molecule has 1 saturated heterocycles. The van der Waals surface area contributed by atoms with Crippen molar-refractivity contribution in [1.82, 2.24) is 4.90 Å². The molecule has 1 heterocycles. The summed E-state index contributed by atoms with van der Waals surface area (Å²) in [6.07, 6.45) is 0. The highest BCUT2D eigenvalue weighted by Gasteiger charge is 2.26. The van der Waals surface area contributed by atoms with Crippen LogP contribution < -0.4 is 5.73 Å². The Bertz CT molecular complexity index is 172. The summed E-state index contributed by atoms with van der Waals surface area (Å²) >= 11 is 2.11. The minimum absolute atomic E-state index is 0.265. The maximum absolute atomic E-state index is 5.76. The Balaban J connectivity index is 2.44. The van der Waals surface area contributed by atoms with Gasteiger partial charge in [0.15, 0.2) is 0 Å². The molecule has 0 aromatic carbocycles. The molecular formula is C11H24N2S. The molecule has 2 atom stereocenters. The smallest absolute Gasteiger partial charge is 0.0149 e. The first kappa shape index (κ1) is 12.3. The van der Waals surface area contributed by atoms with Crippen molar-refractivity contribution >= 4 is 11.8 Å². The maximum atomic E-state index is 5.76. The Labute approximate surface area is 92.6 Å².